The molecular formula is C12H9ClO4. The van der Waals surface area contributed by atoms with Gasteiger partial charge in [-0.25, -0.2) is 4.79 Å². The van der Waals surface area contributed by atoms with Crippen molar-refractivity contribution >= 4 is 35.2 Å². The van der Waals surface area contributed by atoms with Crippen LogP contribution in [0.4, 0.5) is 0 Å². The van der Waals surface area contributed by atoms with Crippen molar-refractivity contribution in [1.82, 2.24) is 0 Å². The second-order valence-electron chi connectivity index (χ2n) is 3.27. The quantitative estimate of drug-likeness (QED) is 0.385. The molecule has 1 N–H and O–H groups in total. The number of Topliss-reactive ketones (excluding diaryl/α,β-unsaturated/α-hetero) is 2. The van der Waals surface area contributed by atoms with Gasteiger partial charge in [-0.2, -0.15) is 0 Å². The van der Waals surface area contributed by atoms with E-state index in [0.717, 1.165) is 6.92 Å². The van der Waals surface area contributed by atoms with Crippen molar-refractivity contribution in [2.45, 2.75) is 6.92 Å². The molecule has 5 heteroatoms. The summed E-state index contributed by atoms with van der Waals surface area (Å²) in [7, 11) is 0. The highest BCUT2D eigenvalue weighted by Crippen LogP contribution is 2.18. The first-order valence-corrected chi connectivity index (χ1v) is 5.06. The summed E-state index contributed by atoms with van der Waals surface area (Å²) in [6.45, 7) is 1.13. The van der Waals surface area contributed by atoms with E-state index in [1.807, 2.05) is 0 Å². The van der Waals surface area contributed by atoms with Crippen LogP contribution in [-0.2, 0) is 14.4 Å². The second kappa shape index (κ2) is 5.41. The highest BCUT2D eigenvalue weighted by atomic mass is 35.5. The number of halogens is 1. The molecule has 0 aliphatic carbocycles. The van der Waals surface area contributed by atoms with Gasteiger partial charge in [0.05, 0.1) is 5.57 Å². The zero-order chi connectivity index (χ0) is 13.0. The molecule has 0 saturated carbocycles. The number of carboxylic acid groups (broad SMARTS) is 1. The first-order valence-electron chi connectivity index (χ1n) is 4.68. The van der Waals surface area contributed by atoms with Gasteiger partial charge in [-0.1, -0.05) is 29.8 Å². The zero-order valence-electron chi connectivity index (χ0n) is 8.94. The molecule has 1 aromatic carbocycles. The lowest BCUT2D eigenvalue weighted by Crippen LogP contribution is -2.19. The molecule has 0 aromatic heterocycles. The van der Waals surface area contributed by atoms with E-state index in [4.69, 9.17) is 16.7 Å². The van der Waals surface area contributed by atoms with E-state index in [1.165, 1.54) is 6.08 Å². The Morgan fingerprint density at radius 3 is 2.29 bits per heavy atom. The Hall–Kier alpha value is -1.94. The average Bonchev–Trinajstić information content (AvgIpc) is 2.26. The highest BCUT2D eigenvalue weighted by Gasteiger charge is 2.21. The third kappa shape index (κ3) is 3.26. The van der Waals surface area contributed by atoms with Crippen LogP contribution < -0.4 is 0 Å². The van der Waals surface area contributed by atoms with Crippen molar-refractivity contribution in [3.63, 3.8) is 0 Å². The largest absolute Gasteiger partial charge is 0.475 e. The number of benzene rings is 1. The van der Waals surface area contributed by atoms with Crippen LogP contribution in [0, 0.1) is 0 Å². The van der Waals surface area contributed by atoms with Crippen LogP contribution in [0.5, 0.6) is 0 Å². The number of aliphatic carboxylic acids is 1. The van der Waals surface area contributed by atoms with E-state index in [1.54, 1.807) is 24.3 Å². The molecule has 0 fully saturated rings. The summed E-state index contributed by atoms with van der Waals surface area (Å²) < 4.78 is 0. The molecule has 0 saturated heterocycles. The van der Waals surface area contributed by atoms with Crippen LogP contribution in [-0.4, -0.2) is 22.6 Å². The summed E-state index contributed by atoms with van der Waals surface area (Å²) in [6, 6.07) is 6.52. The van der Waals surface area contributed by atoms with Crippen molar-refractivity contribution in [3.05, 3.63) is 40.4 Å². The van der Waals surface area contributed by atoms with E-state index in [2.05, 4.69) is 0 Å². The van der Waals surface area contributed by atoms with Gasteiger partial charge in [-0.3, -0.25) is 9.59 Å². The van der Waals surface area contributed by atoms with E-state index >= 15 is 0 Å². The lowest BCUT2D eigenvalue weighted by molar-refractivity contribution is -0.147. The standard InChI is InChI=1S/C12H9ClO4/c1-7(14)9(11(15)12(16)17)6-8-4-2-3-5-10(8)13/h2-6H,1H3,(H,16,17). The molecule has 0 atom stereocenters. The summed E-state index contributed by atoms with van der Waals surface area (Å²) in [6.07, 6.45) is 1.18. The number of carboxylic acids is 1. The van der Waals surface area contributed by atoms with Crippen LogP contribution >= 0.6 is 11.6 Å². The molecule has 0 aliphatic heterocycles. The predicted octanol–water partition coefficient (Wildman–Crippen LogP) is 1.97. The maximum atomic E-state index is 11.3. The molecule has 17 heavy (non-hydrogen) atoms. The number of carbonyl (C=O) groups excluding carboxylic acids is 2. The number of hydrogen-bond acceptors (Lipinski definition) is 3. The molecule has 88 valence electrons. The fraction of sp³-hybridized carbons (Fsp3) is 0.0833. The smallest absolute Gasteiger partial charge is 0.377 e. The van der Waals surface area contributed by atoms with E-state index in [-0.39, 0.29) is 0 Å². The normalized spacial score (nSPS) is 11.1. The van der Waals surface area contributed by atoms with E-state index in [0.29, 0.717) is 10.6 Å². The lowest BCUT2D eigenvalue weighted by Gasteiger charge is -2.01. The molecule has 0 aliphatic rings. The summed E-state index contributed by atoms with van der Waals surface area (Å²) in [5.41, 5.74) is 0.0274. The van der Waals surface area contributed by atoms with E-state index < -0.39 is 23.1 Å². The SMILES string of the molecule is CC(=O)C(=Cc1ccccc1Cl)C(=O)C(=O)O. The Labute approximate surface area is 103 Å². The first-order chi connectivity index (χ1) is 7.93. The fourth-order valence-corrected chi connectivity index (χ4v) is 1.38. The third-order valence-electron chi connectivity index (χ3n) is 2.02. The van der Waals surface area contributed by atoms with Crippen molar-refractivity contribution in [3.8, 4) is 0 Å². The summed E-state index contributed by atoms with van der Waals surface area (Å²) in [5, 5.41) is 8.91. The number of rotatable bonds is 4. The van der Waals surface area contributed by atoms with Crippen molar-refractivity contribution < 1.29 is 19.5 Å². The molecule has 1 aromatic rings. The van der Waals surface area contributed by atoms with Gasteiger partial charge in [0.25, 0.3) is 5.78 Å². The first kappa shape index (κ1) is 13.1. The molecule has 1 rings (SSSR count). The molecule has 0 bridgehead atoms. The Kier molecular flexibility index (Phi) is 4.17. The summed E-state index contributed by atoms with van der Waals surface area (Å²) in [5.74, 6) is -3.52. The molecule has 0 spiro atoms. The fourth-order valence-electron chi connectivity index (χ4n) is 1.19. The maximum Gasteiger partial charge on any atom is 0.377 e. The van der Waals surface area contributed by atoms with Crippen LogP contribution in [0.25, 0.3) is 6.08 Å². The minimum absolute atomic E-state index is 0.337. The van der Waals surface area contributed by atoms with Gasteiger partial charge in [-0.05, 0) is 24.6 Å². The van der Waals surface area contributed by atoms with Gasteiger partial charge in [0.15, 0.2) is 5.78 Å². The lowest BCUT2D eigenvalue weighted by atomic mass is 10.0. The van der Waals surface area contributed by atoms with E-state index in [9.17, 15) is 14.4 Å². The Morgan fingerprint density at radius 1 is 1.24 bits per heavy atom. The predicted molar refractivity (Wildman–Crippen MR) is 62.8 cm³/mol. The number of ketones is 2. The molecule has 0 heterocycles. The Morgan fingerprint density at radius 2 is 1.82 bits per heavy atom. The van der Waals surface area contributed by atoms with Crippen molar-refractivity contribution in [2.75, 3.05) is 0 Å². The van der Waals surface area contributed by atoms with Crippen molar-refractivity contribution in [2.24, 2.45) is 0 Å². The molecule has 4 nitrogen and oxygen atoms in total. The van der Waals surface area contributed by atoms with Gasteiger partial charge in [-0.15, -0.1) is 0 Å². The topological polar surface area (TPSA) is 71.4 Å². The molecule has 0 amide bonds. The third-order valence-corrected chi connectivity index (χ3v) is 2.37. The van der Waals surface area contributed by atoms with Gasteiger partial charge in [0.2, 0.25) is 0 Å². The maximum absolute atomic E-state index is 11.3. The summed E-state index contributed by atoms with van der Waals surface area (Å²) in [4.78, 5) is 33.0. The van der Waals surface area contributed by atoms with Crippen LogP contribution in [0.1, 0.15) is 12.5 Å². The minimum atomic E-state index is -1.67. The van der Waals surface area contributed by atoms with Gasteiger partial charge >= 0.3 is 5.97 Å². The minimum Gasteiger partial charge on any atom is -0.475 e. The van der Waals surface area contributed by atoms with Gasteiger partial charge in [0, 0.05) is 5.02 Å². The van der Waals surface area contributed by atoms with Crippen LogP contribution in [0.15, 0.2) is 29.8 Å². The van der Waals surface area contributed by atoms with Crippen molar-refractivity contribution in [1.29, 1.82) is 0 Å². The average molecular weight is 253 g/mol. The van der Waals surface area contributed by atoms with Gasteiger partial charge in [0.1, 0.15) is 0 Å². The zero-order valence-corrected chi connectivity index (χ0v) is 9.69. The monoisotopic (exact) mass is 252 g/mol. The number of hydrogen-bond donors (Lipinski definition) is 1. The Balaban J connectivity index is 3.25. The van der Waals surface area contributed by atoms with Gasteiger partial charge < -0.3 is 5.11 Å². The highest BCUT2D eigenvalue weighted by molar-refractivity contribution is 6.48. The second-order valence-corrected chi connectivity index (χ2v) is 3.68. The molecule has 0 unspecified atom stereocenters. The van der Waals surface area contributed by atoms with Crippen LogP contribution in [0.2, 0.25) is 5.02 Å². The molecular weight excluding hydrogens is 244 g/mol. The Bertz CT molecular complexity index is 517. The van der Waals surface area contributed by atoms with Crippen LogP contribution in [0.3, 0.4) is 0 Å². The summed E-state index contributed by atoms with van der Waals surface area (Å²) >= 11 is 5.84. The molecule has 0 radical (unpaired) electrons. The number of carbonyl (C=O) groups is 3.